The number of carbonyl (C=O) groups is 1. The predicted octanol–water partition coefficient (Wildman–Crippen LogP) is 2.26. The number of amides is 1. The SMILES string of the molecule is CC(C)[C@]1(C(=O)N2CCc3c(cc(OC(F)(F)F)c[n+]3[O-])C2)CC[C@@H](N)C1. The van der Waals surface area contributed by atoms with Gasteiger partial charge in [0, 0.05) is 18.2 Å². The highest BCUT2D eigenvalue weighted by molar-refractivity contribution is 5.83. The molecule has 2 aliphatic rings. The van der Waals surface area contributed by atoms with Crippen LogP contribution in [0.5, 0.6) is 5.75 Å². The van der Waals surface area contributed by atoms with Gasteiger partial charge >= 0.3 is 6.36 Å². The number of fused-ring (bicyclic) bond motifs is 1. The van der Waals surface area contributed by atoms with E-state index in [0.717, 1.165) is 12.6 Å². The van der Waals surface area contributed by atoms with Crippen LogP contribution in [0.3, 0.4) is 0 Å². The van der Waals surface area contributed by atoms with Gasteiger partial charge in [-0.05, 0) is 31.2 Å². The summed E-state index contributed by atoms with van der Waals surface area (Å²) in [6, 6.07) is 1.17. The minimum absolute atomic E-state index is 0.0241. The topological polar surface area (TPSA) is 82.5 Å². The van der Waals surface area contributed by atoms with Gasteiger partial charge in [-0.15, -0.1) is 13.2 Å². The third-order valence-electron chi connectivity index (χ3n) is 5.82. The van der Waals surface area contributed by atoms with Gasteiger partial charge in [-0.3, -0.25) is 4.79 Å². The smallest absolute Gasteiger partial charge is 0.573 e. The Balaban J connectivity index is 1.86. The molecule has 1 saturated carbocycles. The molecule has 2 heterocycles. The summed E-state index contributed by atoms with van der Waals surface area (Å²) in [6.07, 6.45) is -1.74. The Kier molecular flexibility index (Phi) is 5.00. The first-order chi connectivity index (χ1) is 12.5. The number of halogens is 3. The van der Waals surface area contributed by atoms with Gasteiger partial charge in [0.15, 0.2) is 11.4 Å². The summed E-state index contributed by atoms with van der Waals surface area (Å²) in [4.78, 5) is 14.9. The molecule has 1 fully saturated rings. The third kappa shape index (κ3) is 3.83. The molecule has 2 N–H and O–H groups in total. The number of hydrogen-bond acceptors (Lipinski definition) is 4. The summed E-state index contributed by atoms with van der Waals surface area (Å²) >= 11 is 0. The average molecular weight is 387 g/mol. The lowest BCUT2D eigenvalue weighted by molar-refractivity contribution is -0.615. The highest BCUT2D eigenvalue weighted by atomic mass is 19.4. The van der Waals surface area contributed by atoms with Crippen molar-refractivity contribution in [3.8, 4) is 5.75 Å². The first-order valence-corrected chi connectivity index (χ1v) is 9.07. The summed E-state index contributed by atoms with van der Waals surface area (Å²) in [5.74, 6) is -0.507. The fraction of sp³-hybridized carbons (Fsp3) is 0.667. The van der Waals surface area contributed by atoms with Gasteiger partial charge in [0.1, 0.15) is 0 Å². The number of nitrogens with zero attached hydrogens (tertiary/aromatic N) is 2. The Labute approximate surface area is 155 Å². The number of aromatic nitrogens is 1. The molecule has 27 heavy (non-hydrogen) atoms. The zero-order valence-electron chi connectivity index (χ0n) is 15.4. The minimum Gasteiger partial charge on any atom is -0.618 e. The average Bonchev–Trinajstić information content (AvgIpc) is 2.95. The van der Waals surface area contributed by atoms with Gasteiger partial charge in [-0.25, -0.2) is 0 Å². The summed E-state index contributed by atoms with van der Waals surface area (Å²) in [6.45, 7) is 4.44. The van der Waals surface area contributed by atoms with E-state index in [0.29, 0.717) is 35.4 Å². The van der Waals surface area contributed by atoms with Crippen molar-refractivity contribution in [3.63, 3.8) is 0 Å². The van der Waals surface area contributed by atoms with Crippen molar-refractivity contribution in [3.05, 3.63) is 28.7 Å². The van der Waals surface area contributed by atoms with Crippen LogP contribution in [0.1, 0.15) is 44.4 Å². The van der Waals surface area contributed by atoms with Gasteiger partial charge in [0.25, 0.3) is 0 Å². The van der Waals surface area contributed by atoms with Crippen molar-refractivity contribution in [2.75, 3.05) is 6.54 Å². The van der Waals surface area contributed by atoms with Crippen molar-refractivity contribution in [2.45, 2.75) is 58.5 Å². The summed E-state index contributed by atoms with van der Waals surface area (Å²) in [5.41, 5.74) is 6.25. The monoisotopic (exact) mass is 387 g/mol. The van der Waals surface area contributed by atoms with Crippen LogP contribution in [0.25, 0.3) is 0 Å². The molecule has 1 aliphatic carbocycles. The van der Waals surface area contributed by atoms with E-state index in [2.05, 4.69) is 4.74 Å². The number of ether oxygens (including phenoxy) is 1. The molecular weight excluding hydrogens is 363 g/mol. The Bertz CT molecular complexity index is 739. The number of nitrogens with two attached hydrogens (primary N) is 1. The predicted molar refractivity (Wildman–Crippen MR) is 90.3 cm³/mol. The molecule has 9 heteroatoms. The Morgan fingerprint density at radius 2 is 2.19 bits per heavy atom. The second kappa shape index (κ2) is 6.85. The number of carbonyl (C=O) groups excluding carboxylic acids is 1. The van der Waals surface area contributed by atoms with Crippen LogP contribution in [0.2, 0.25) is 0 Å². The van der Waals surface area contributed by atoms with E-state index in [1.165, 1.54) is 6.07 Å². The largest absolute Gasteiger partial charge is 0.618 e. The maximum atomic E-state index is 13.3. The second-order valence-corrected chi connectivity index (χ2v) is 7.81. The number of pyridine rings is 1. The fourth-order valence-corrected chi connectivity index (χ4v) is 4.32. The molecule has 6 nitrogen and oxygen atoms in total. The van der Waals surface area contributed by atoms with Crippen LogP contribution in [-0.4, -0.2) is 29.8 Å². The quantitative estimate of drug-likeness (QED) is 0.637. The molecule has 0 aromatic carbocycles. The first-order valence-electron chi connectivity index (χ1n) is 9.07. The highest BCUT2D eigenvalue weighted by Crippen LogP contribution is 2.45. The Morgan fingerprint density at radius 3 is 2.74 bits per heavy atom. The molecule has 1 aromatic heterocycles. The lowest BCUT2D eigenvalue weighted by atomic mass is 9.74. The number of alkyl halides is 3. The molecule has 0 unspecified atom stereocenters. The lowest BCUT2D eigenvalue weighted by Crippen LogP contribution is -2.50. The molecule has 0 saturated heterocycles. The van der Waals surface area contributed by atoms with Crippen LogP contribution in [0.15, 0.2) is 12.3 Å². The van der Waals surface area contributed by atoms with E-state index in [-0.39, 0.29) is 30.8 Å². The van der Waals surface area contributed by atoms with Crippen molar-refractivity contribution < 1.29 is 27.4 Å². The molecule has 0 spiro atoms. The normalized spacial score (nSPS) is 25.6. The molecule has 3 rings (SSSR count). The van der Waals surface area contributed by atoms with Crippen LogP contribution >= 0.6 is 0 Å². The Morgan fingerprint density at radius 1 is 1.48 bits per heavy atom. The van der Waals surface area contributed by atoms with Gasteiger partial charge < -0.3 is 20.6 Å². The third-order valence-corrected chi connectivity index (χ3v) is 5.82. The van der Waals surface area contributed by atoms with Gasteiger partial charge in [0.05, 0.1) is 18.4 Å². The van der Waals surface area contributed by atoms with Gasteiger partial charge in [-0.2, -0.15) is 4.73 Å². The molecule has 0 radical (unpaired) electrons. The molecule has 150 valence electrons. The first kappa shape index (κ1) is 19.7. The maximum Gasteiger partial charge on any atom is 0.573 e. The van der Waals surface area contributed by atoms with Crippen molar-refractivity contribution in [1.82, 2.24) is 4.90 Å². The van der Waals surface area contributed by atoms with Crippen LogP contribution in [0, 0.1) is 16.5 Å². The van der Waals surface area contributed by atoms with E-state index < -0.39 is 17.5 Å². The highest BCUT2D eigenvalue weighted by Gasteiger charge is 2.49. The molecule has 2 atom stereocenters. The summed E-state index contributed by atoms with van der Waals surface area (Å²) < 4.78 is 41.7. The molecule has 0 bridgehead atoms. The molecule has 1 amide bonds. The van der Waals surface area contributed by atoms with Gasteiger partial charge in [-0.1, -0.05) is 13.8 Å². The zero-order chi connectivity index (χ0) is 20.0. The van der Waals surface area contributed by atoms with Gasteiger partial charge in [0.2, 0.25) is 12.1 Å². The number of rotatable bonds is 3. The van der Waals surface area contributed by atoms with Crippen LogP contribution in [-0.2, 0) is 17.8 Å². The van der Waals surface area contributed by atoms with E-state index in [1.54, 1.807) is 4.90 Å². The Hall–Kier alpha value is -2.03. The molecule has 1 aliphatic heterocycles. The minimum atomic E-state index is -4.88. The molecule has 1 aromatic rings. The van der Waals surface area contributed by atoms with Crippen molar-refractivity contribution >= 4 is 5.91 Å². The zero-order valence-corrected chi connectivity index (χ0v) is 15.4. The van der Waals surface area contributed by atoms with E-state index >= 15 is 0 Å². The fourth-order valence-electron chi connectivity index (χ4n) is 4.32. The van der Waals surface area contributed by atoms with Crippen LogP contribution in [0.4, 0.5) is 13.2 Å². The lowest BCUT2D eigenvalue weighted by Gasteiger charge is -2.39. The standard InChI is InChI=1S/C18H24F3N3O3/c1-11(2)17(5-3-13(22)8-17)16(25)23-6-4-15-12(9-23)7-14(10-24(15)26)27-18(19,20)21/h7,10-11,13H,3-6,8-9,22H2,1-2H3/t13-,17+/m1/s1. The van der Waals surface area contributed by atoms with E-state index in [9.17, 15) is 23.2 Å². The van der Waals surface area contributed by atoms with Crippen molar-refractivity contribution in [2.24, 2.45) is 17.1 Å². The number of hydrogen-bond donors (Lipinski definition) is 1. The van der Waals surface area contributed by atoms with E-state index in [4.69, 9.17) is 5.73 Å². The maximum absolute atomic E-state index is 13.3. The summed E-state index contributed by atoms with van der Waals surface area (Å²) in [7, 11) is 0. The van der Waals surface area contributed by atoms with Crippen molar-refractivity contribution in [1.29, 1.82) is 0 Å². The second-order valence-electron chi connectivity index (χ2n) is 7.81. The van der Waals surface area contributed by atoms with E-state index in [1.807, 2.05) is 13.8 Å². The van der Waals surface area contributed by atoms with Crippen LogP contribution < -0.4 is 15.2 Å². The molecular formula is C18H24F3N3O3. The summed E-state index contributed by atoms with van der Waals surface area (Å²) in [5, 5.41) is 12.1.